The molecule has 1 atom stereocenters. The second-order valence-electron chi connectivity index (χ2n) is 8.31. The van der Waals surface area contributed by atoms with Crippen LogP contribution in [-0.2, 0) is 26.1 Å². The van der Waals surface area contributed by atoms with E-state index in [1.54, 1.807) is 25.1 Å². The molecule has 1 amide bonds. The largest absolute Gasteiger partial charge is 0.449 e. The van der Waals surface area contributed by atoms with E-state index in [2.05, 4.69) is 0 Å². The Hall–Kier alpha value is -2.78. The maximum Gasteiger partial charge on any atom is 0.339 e. The summed E-state index contributed by atoms with van der Waals surface area (Å²) in [6.45, 7) is 4.20. The number of sulfonamides is 1. The highest BCUT2D eigenvalue weighted by Crippen LogP contribution is 2.23. The topological polar surface area (TPSA) is 84.0 Å². The zero-order valence-electron chi connectivity index (χ0n) is 19.1. The lowest BCUT2D eigenvalue weighted by Gasteiger charge is -2.26. The van der Waals surface area contributed by atoms with E-state index in [4.69, 9.17) is 4.74 Å². The van der Waals surface area contributed by atoms with Gasteiger partial charge in [0.2, 0.25) is 10.0 Å². The van der Waals surface area contributed by atoms with Gasteiger partial charge in [0.25, 0.3) is 5.91 Å². The predicted molar refractivity (Wildman–Crippen MR) is 122 cm³/mol. The van der Waals surface area contributed by atoms with Gasteiger partial charge in [-0.3, -0.25) is 4.79 Å². The number of hydrogen-bond acceptors (Lipinski definition) is 5. The molecule has 1 unspecified atom stereocenters. The number of amides is 1. The third-order valence-corrected chi connectivity index (χ3v) is 7.59. The van der Waals surface area contributed by atoms with Crippen molar-refractivity contribution in [1.82, 2.24) is 9.21 Å². The molecule has 1 aliphatic rings. The van der Waals surface area contributed by atoms with Crippen LogP contribution in [0.4, 0.5) is 4.39 Å². The molecule has 33 heavy (non-hydrogen) atoms. The fourth-order valence-electron chi connectivity index (χ4n) is 3.81. The minimum Gasteiger partial charge on any atom is -0.449 e. The van der Waals surface area contributed by atoms with Crippen LogP contribution in [0.1, 0.15) is 47.7 Å². The summed E-state index contributed by atoms with van der Waals surface area (Å²) < 4.78 is 46.1. The number of carbonyl (C=O) groups is 2. The van der Waals surface area contributed by atoms with Gasteiger partial charge in [-0.2, -0.15) is 4.31 Å². The van der Waals surface area contributed by atoms with Crippen molar-refractivity contribution in [2.24, 2.45) is 0 Å². The molecule has 0 aliphatic carbocycles. The summed E-state index contributed by atoms with van der Waals surface area (Å²) in [7, 11) is -2.18. The Morgan fingerprint density at radius 1 is 1.12 bits per heavy atom. The van der Waals surface area contributed by atoms with Crippen molar-refractivity contribution < 1.29 is 27.1 Å². The van der Waals surface area contributed by atoms with Gasteiger partial charge in [-0.15, -0.1) is 0 Å². The van der Waals surface area contributed by atoms with E-state index in [1.165, 1.54) is 47.4 Å². The van der Waals surface area contributed by atoms with Crippen molar-refractivity contribution in [2.45, 2.75) is 50.7 Å². The van der Waals surface area contributed by atoms with Crippen molar-refractivity contribution >= 4 is 21.9 Å². The van der Waals surface area contributed by atoms with E-state index in [0.29, 0.717) is 24.2 Å². The van der Waals surface area contributed by atoms with Crippen LogP contribution in [0.25, 0.3) is 0 Å². The van der Waals surface area contributed by atoms with Crippen molar-refractivity contribution in [3.8, 4) is 0 Å². The molecule has 0 spiro atoms. The average molecular weight is 477 g/mol. The zero-order valence-corrected chi connectivity index (χ0v) is 19.9. The summed E-state index contributed by atoms with van der Waals surface area (Å²) in [6, 6.07) is 10.3. The third-order valence-electron chi connectivity index (χ3n) is 5.70. The number of piperidine rings is 1. The van der Waals surface area contributed by atoms with Gasteiger partial charge in [0, 0.05) is 26.7 Å². The monoisotopic (exact) mass is 476 g/mol. The molecule has 1 heterocycles. The lowest BCUT2D eigenvalue weighted by Crippen LogP contribution is -2.37. The number of likely N-dealkylation sites (N-methyl/N-ethyl adjacent to an activating group) is 1. The molecular weight excluding hydrogens is 447 g/mol. The molecule has 0 aromatic heterocycles. The van der Waals surface area contributed by atoms with E-state index in [9.17, 15) is 22.4 Å². The number of rotatable bonds is 7. The molecule has 0 N–H and O–H groups in total. The second-order valence-corrected chi connectivity index (χ2v) is 10.3. The van der Waals surface area contributed by atoms with Gasteiger partial charge in [0.1, 0.15) is 5.82 Å². The Morgan fingerprint density at radius 2 is 1.82 bits per heavy atom. The molecule has 1 fully saturated rings. The number of nitrogens with zero attached hydrogens (tertiary/aromatic N) is 2. The van der Waals surface area contributed by atoms with Gasteiger partial charge >= 0.3 is 5.97 Å². The van der Waals surface area contributed by atoms with E-state index in [-0.39, 0.29) is 17.0 Å². The summed E-state index contributed by atoms with van der Waals surface area (Å²) in [6.07, 6.45) is 1.51. The number of hydrogen-bond donors (Lipinski definition) is 0. The van der Waals surface area contributed by atoms with E-state index < -0.39 is 33.8 Å². The van der Waals surface area contributed by atoms with E-state index in [1.807, 2.05) is 0 Å². The quantitative estimate of drug-likeness (QED) is 0.571. The van der Waals surface area contributed by atoms with Crippen LogP contribution in [0.3, 0.4) is 0 Å². The summed E-state index contributed by atoms with van der Waals surface area (Å²) in [5, 5.41) is 0. The number of halogens is 1. The minimum atomic E-state index is -3.71. The maximum atomic E-state index is 13.4. The molecule has 0 radical (unpaired) electrons. The van der Waals surface area contributed by atoms with Crippen LogP contribution < -0.4 is 0 Å². The normalized spacial score (nSPS) is 15.6. The highest BCUT2D eigenvalue weighted by atomic mass is 32.2. The summed E-state index contributed by atoms with van der Waals surface area (Å²) in [4.78, 5) is 26.9. The molecule has 9 heteroatoms. The van der Waals surface area contributed by atoms with Gasteiger partial charge in [-0.1, -0.05) is 24.6 Å². The standard InChI is InChI=1S/C24H29FN2O5S/c1-17-10-11-21(33(30,31)27-12-5-4-6-13-27)15-22(17)24(29)32-18(2)23(28)26(3)16-19-8-7-9-20(25)14-19/h7-11,14-15,18H,4-6,12-13,16H2,1-3H3. The fraction of sp³-hybridized carbons (Fsp3) is 0.417. The fourth-order valence-corrected chi connectivity index (χ4v) is 5.35. The van der Waals surface area contributed by atoms with Gasteiger partial charge in [0.15, 0.2) is 6.10 Å². The average Bonchev–Trinajstić information content (AvgIpc) is 2.79. The Balaban J connectivity index is 1.71. The van der Waals surface area contributed by atoms with Crippen LogP contribution >= 0.6 is 0 Å². The molecular formula is C24H29FN2O5S. The summed E-state index contributed by atoms with van der Waals surface area (Å²) in [5.74, 6) is -1.63. The smallest absolute Gasteiger partial charge is 0.339 e. The molecule has 2 aromatic carbocycles. The Kier molecular flexibility index (Phi) is 7.86. The first-order chi connectivity index (χ1) is 15.6. The molecule has 1 aliphatic heterocycles. The zero-order chi connectivity index (χ0) is 24.2. The SMILES string of the molecule is Cc1ccc(S(=O)(=O)N2CCCCC2)cc1C(=O)OC(C)C(=O)N(C)Cc1cccc(F)c1. The predicted octanol–water partition coefficient (Wildman–Crippen LogP) is 3.51. The van der Waals surface area contributed by atoms with Crippen molar-refractivity contribution in [3.63, 3.8) is 0 Å². The Labute approximate surface area is 194 Å². The molecule has 7 nitrogen and oxygen atoms in total. The lowest BCUT2D eigenvalue weighted by atomic mass is 10.1. The summed E-state index contributed by atoms with van der Waals surface area (Å²) >= 11 is 0. The summed E-state index contributed by atoms with van der Waals surface area (Å²) in [5.41, 5.74) is 1.25. The van der Waals surface area contributed by atoms with Crippen molar-refractivity contribution in [1.29, 1.82) is 0 Å². The number of benzene rings is 2. The highest BCUT2D eigenvalue weighted by Gasteiger charge is 2.28. The number of esters is 1. The van der Waals surface area contributed by atoms with Gasteiger partial charge < -0.3 is 9.64 Å². The van der Waals surface area contributed by atoms with Crippen LogP contribution in [0, 0.1) is 12.7 Å². The van der Waals surface area contributed by atoms with Crippen molar-refractivity contribution in [3.05, 3.63) is 65.0 Å². The first-order valence-electron chi connectivity index (χ1n) is 10.9. The van der Waals surface area contributed by atoms with Gasteiger partial charge in [-0.25, -0.2) is 17.6 Å². The van der Waals surface area contributed by atoms with E-state index in [0.717, 1.165) is 19.3 Å². The lowest BCUT2D eigenvalue weighted by molar-refractivity contribution is -0.139. The van der Waals surface area contributed by atoms with Crippen LogP contribution in [0.2, 0.25) is 0 Å². The van der Waals surface area contributed by atoms with Gasteiger partial charge in [0.05, 0.1) is 10.5 Å². The molecule has 1 saturated heterocycles. The first kappa shape index (κ1) is 24.9. The molecule has 0 saturated carbocycles. The second kappa shape index (κ2) is 10.4. The van der Waals surface area contributed by atoms with Gasteiger partial charge in [-0.05, 0) is 62.1 Å². The van der Waals surface area contributed by atoms with Crippen LogP contribution in [0.15, 0.2) is 47.4 Å². The Bertz CT molecular complexity index is 1130. The molecule has 2 aromatic rings. The maximum absolute atomic E-state index is 13.4. The first-order valence-corrected chi connectivity index (χ1v) is 12.3. The number of carbonyl (C=O) groups excluding carboxylic acids is 2. The van der Waals surface area contributed by atoms with Crippen LogP contribution in [-0.4, -0.2) is 55.7 Å². The highest BCUT2D eigenvalue weighted by molar-refractivity contribution is 7.89. The third kappa shape index (κ3) is 5.97. The molecule has 3 rings (SSSR count). The number of ether oxygens (including phenoxy) is 1. The molecule has 0 bridgehead atoms. The number of aryl methyl sites for hydroxylation is 1. The van der Waals surface area contributed by atoms with Crippen LogP contribution in [0.5, 0.6) is 0 Å². The molecule has 178 valence electrons. The Morgan fingerprint density at radius 3 is 2.48 bits per heavy atom. The van der Waals surface area contributed by atoms with E-state index >= 15 is 0 Å². The minimum absolute atomic E-state index is 0.0316. The van der Waals surface area contributed by atoms with Crippen molar-refractivity contribution in [2.75, 3.05) is 20.1 Å².